The molecule has 2 rings (SSSR count). The van der Waals surface area contributed by atoms with Crippen molar-refractivity contribution in [2.45, 2.75) is 52.5 Å². The highest BCUT2D eigenvalue weighted by Crippen LogP contribution is 2.19. The van der Waals surface area contributed by atoms with E-state index in [4.69, 9.17) is 0 Å². The Morgan fingerprint density at radius 1 is 1.00 bits per heavy atom. The number of likely N-dealkylation sites (tertiary alicyclic amines) is 1. The van der Waals surface area contributed by atoms with E-state index in [2.05, 4.69) is 29.4 Å². The van der Waals surface area contributed by atoms with Crippen molar-refractivity contribution in [3.05, 3.63) is 34.9 Å². The number of nitrogens with zero attached hydrogens (tertiary/aromatic N) is 1. The van der Waals surface area contributed by atoms with Crippen LogP contribution in [0.5, 0.6) is 0 Å². The van der Waals surface area contributed by atoms with Gasteiger partial charge in [-0.2, -0.15) is 0 Å². The zero-order valence-corrected chi connectivity index (χ0v) is 15.9. The number of carbonyl (C=O) groups excluding carboxylic acids is 2. The van der Waals surface area contributed by atoms with Crippen molar-refractivity contribution in [1.29, 1.82) is 0 Å². The maximum atomic E-state index is 12.2. The quantitative estimate of drug-likeness (QED) is 0.832. The summed E-state index contributed by atoms with van der Waals surface area (Å²) in [6.07, 6.45) is 3.75. The second-order valence-electron chi connectivity index (χ2n) is 7.70. The molecule has 0 spiro atoms. The van der Waals surface area contributed by atoms with Crippen LogP contribution in [0.15, 0.2) is 18.2 Å². The number of piperidine rings is 1. The number of hydrogen-bond donors (Lipinski definition) is 2. The maximum absolute atomic E-state index is 12.2. The molecule has 1 aromatic carbocycles. The summed E-state index contributed by atoms with van der Waals surface area (Å²) in [6, 6.07) is 5.69. The van der Waals surface area contributed by atoms with E-state index in [0.29, 0.717) is 12.1 Å². The summed E-state index contributed by atoms with van der Waals surface area (Å²) in [5, 5.41) is 5.66. The zero-order valence-electron chi connectivity index (χ0n) is 15.9. The fourth-order valence-corrected chi connectivity index (χ4v) is 3.36. The molecule has 25 heavy (non-hydrogen) atoms. The highest BCUT2D eigenvalue weighted by atomic mass is 16.2. The first kappa shape index (κ1) is 19.4. The van der Waals surface area contributed by atoms with Gasteiger partial charge in [0.05, 0.1) is 6.54 Å². The zero-order chi connectivity index (χ0) is 18.4. The van der Waals surface area contributed by atoms with Crippen molar-refractivity contribution >= 4 is 11.8 Å². The van der Waals surface area contributed by atoms with Crippen LogP contribution in [0.1, 0.15) is 54.6 Å². The maximum Gasteiger partial charge on any atom is 0.251 e. The van der Waals surface area contributed by atoms with Gasteiger partial charge in [-0.25, -0.2) is 0 Å². The Morgan fingerprint density at radius 3 is 2.20 bits per heavy atom. The lowest BCUT2D eigenvalue weighted by atomic mass is 9.98. The van der Waals surface area contributed by atoms with Crippen molar-refractivity contribution in [3.8, 4) is 0 Å². The average Bonchev–Trinajstić information content (AvgIpc) is 2.58. The fraction of sp³-hybridized carbons (Fsp3) is 0.600. The van der Waals surface area contributed by atoms with E-state index in [1.807, 2.05) is 32.0 Å². The number of amides is 2. The van der Waals surface area contributed by atoms with Crippen LogP contribution in [0.4, 0.5) is 0 Å². The van der Waals surface area contributed by atoms with E-state index in [1.54, 1.807) is 0 Å². The summed E-state index contributed by atoms with van der Waals surface area (Å²) in [4.78, 5) is 26.7. The lowest BCUT2D eigenvalue weighted by Gasteiger charge is -2.41. The first-order chi connectivity index (χ1) is 11.8. The largest absolute Gasteiger partial charge is 0.353 e. The van der Waals surface area contributed by atoms with Crippen LogP contribution in [0.3, 0.4) is 0 Å². The first-order valence-corrected chi connectivity index (χ1v) is 9.16. The molecule has 0 aromatic heterocycles. The van der Waals surface area contributed by atoms with Crippen LogP contribution < -0.4 is 10.6 Å². The monoisotopic (exact) mass is 345 g/mol. The molecule has 5 nitrogen and oxygen atoms in total. The molecule has 0 radical (unpaired) electrons. The molecule has 0 saturated carbocycles. The lowest BCUT2D eigenvalue weighted by Crippen LogP contribution is -2.54. The lowest BCUT2D eigenvalue weighted by molar-refractivity contribution is -0.120. The highest BCUT2D eigenvalue weighted by molar-refractivity contribution is 5.96. The molecule has 138 valence electrons. The molecule has 2 N–H and O–H groups in total. The summed E-state index contributed by atoms with van der Waals surface area (Å²) in [7, 11) is 0. The van der Waals surface area contributed by atoms with E-state index in [-0.39, 0.29) is 23.9 Å². The average molecular weight is 345 g/mol. The minimum atomic E-state index is -0.211. The van der Waals surface area contributed by atoms with Gasteiger partial charge in [-0.15, -0.1) is 0 Å². The number of carbonyl (C=O) groups is 2. The molecular formula is C20H31N3O2. The molecule has 0 aliphatic carbocycles. The van der Waals surface area contributed by atoms with E-state index in [1.165, 1.54) is 19.3 Å². The van der Waals surface area contributed by atoms with Gasteiger partial charge in [0, 0.05) is 17.6 Å². The number of benzene rings is 1. The Bertz CT molecular complexity index is 599. The predicted octanol–water partition coefficient (Wildman–Crippen LogP) is 2.41. The molecule has 0 atom stereocenters. The van der Waals surface area contributed by atoms with E-state index in [9.17, 15) is 9.59 Å². The van der Waals surface area contributed by atoms with Crippen LogP contribution in [-0.4, -0.2) is 48.4 Å². The predicted molar refractivity (Wildman–Crippen MR) is 101 cm³/mol. The van der Waals surface area contributed by atoms with Gasteiger partial charge in [-0.3, -0.25) is 14.5 Å². The Hall–Kier alpha value is -1.88. The summed E-state index contributed by atoms with van der Waals surface area (Å²) < 4.78 is 0. The molecule has 5 heteroatoms. The molecule has 1 aliphatic heterocycles. The molecule has 2 amide bonds. The summed E-state index contributed by atoms with van der Waals surface area (Å²) in [6.45, 7) is 11.0. The first-order valence-electron chi connectivity index (χ1n) is 9.16. The second-order valence-corrected chi connectivity index (χ2v) is 7.70. The molecule has 1 fully saturated rings. The number of hydrogen-bond acceptors (Lipinski definition) is 3. The highest BCUT2D eigenvalue weighted by Gasteiger charge is 2.28. The van der Waals surface area contributed by atoms with Gasteiger partial charge >= 0.3 is 0 Å². The third-order valence-electron chi connectivity index (χ3n) is 4.82. The Balaban J connectivity index is 1.79. The molecule has 0 bridgehead atoms. The van der Waals surface area contributed by atoms with Gasteiger partial charge in [0.15, 0.2) is 0 Å². The minimum Gasteiger partial charge on any atom is -0.353 e. The summed E-state index contributed by atoms with van der Waals surface area (Å²) in [5.74, 6) is -0.361. The molecule has 0 unspecified atom stereocenters. The van der Waals surface area contributed by atoms with Gasteiger partial charge in [0.1, 0.15) is 0 Å². The van der Waals surface area contributed by atoms with Crippen LogP contribution in [0, 0.1) is 13.8 Å². The van der Waals surface area contributed by atoms with Gasteiger partial charge in [0.25, 0.3) is 5.91 Å². The van der Waals surface area contributed by atoms with E-state index in [0.717, 1.165) is 24.2 Å². The van der Waals surface area contributed by atoms with Crippen LogP contribution in [0.2, 0.25) is 0 Å². The van der Waals surface area contributed by atoms with Gasteiger partial charge in [-0.1, -0.05) is 23.6 Å². The number of nitrogens with one attached hydrogen (secondary N) is 2. The molecule has 1 aliphatic rings. The fourth-order valence-electron chi connectivity index (χ4n) is 3.36. The van der Waals surface area contributed by atoms with Crippen molar-refractivity contribution in [2.75, 3.05) is 26.2 Å². The number of rotatable bonds is 6. The SMILES string of the molecule is Cc1cc(C)cc(C(=O)NCC(=O)NCC(C)(C)N2CCCCC2)c1. The smallest absolute Gasteiger partial charge is 0.251 e. The third kappa shape index (κ3) is 5.85. The van der Waals surface area contributed by atoms with Crippen LogP contribution >= 0.6 is 0 Å². The topological polar surface area (TPSA) is 61.4 Å². The Kier molecular flexibility index (Phi) is 6.59. The van der Waals surface area contributed by atoms with Gasteiger partial charge in [-0.05, 0) is 65.8 Å². The molecular weight excluding hydrogens is 314 g/mol. The van der Waals surface area contributed by atoms with Crippen molar-refractivity contribution in [1.82, 2.24) is 15.5 Å². The van der Waals surface area contributed by atoms with Crippen LogP contribution in [-0.2, 0) is 4.79 Å². The van der Waals surface area contributed by atoms with Crippen molar-refractivity contribution in [3.63, 3.8) is 0 Å². The van der Waals surface area contributed by atoms with Crippen LogP contribution in [0.25, 0.3) is 0 Å². The van der Waals surface area contributed by atoms with Gasteiger partial charge in [0.2, 0.25) is 5.91 Å². The third-order valence-corrected chi connectivity index (χ3v) is 4.82. The number of aryl methyl sites for hydroxylation is 2. The van der Waals surface area contributed by atoms with Gasteiger partial charge < -0.3 is 10.6 Å². The van der Waals surface area contributed by atoms with Crippen molar-refractivity contribution < 1.29 is 9.59 Å². The summed E-state index contributed by atoms with van der Waals surface area (Å²) in [5.41, 5.74) is 2.61. The van der Waals surface area contributed by atoms with E-state index >= 15 is 0 Å². The molecule has 1 aromatic rings. The van der Waals surface area contributed by atoms with E-state index < -0.39 is 0 Å². The normalized spacial score (nSPS) is 15.7. The standard InChI is InChI=1S/C20H31N3O2/c1-15-10-16(2)12-17(11-15)19(25)21-13-18(24)22-14-20(3,4)23-8-6-5-7-9-23/h10-12H,5-9,13-14H2,1-4H3,(H,21,25)(H,22,24). The minimum absolute atomic E-state index is 0.00189. The summed E-state index contributed by atoms with van der Waals surface area (Å²) >= 11 is 0. The Morgan fingerprint density at radius 2 is 1.60 bits per heavy atom. The van der Waals surface area contributed by atoms with Crippen molar-refractivity contribution in [2.24, 2.45) is 0 Å². The Labute approximate surface area is 151 Å². The molecule has 1 heterocycles. The second kappa shape index (κ2) is 8.48. The molecule has 1 saturated heterocycles.